The Bertz CT molecular complexity index is 258. The van der Waals surface area contributed by atoms with Crippen LogP contribution in [0.25, 0.3) is 0 Å². The van der Waals surface area contributed by atoms with E-state index >= 15 is 0 Å². The first kappa shape index (κ1) is 13.7. The lowest BCUT2D eigenvalue weighted by Gasteiger charge is -2.26. The number of nitrogens with one attached hydrogen (secondary N) is 2. The number of carbonyl (C=O) groups excluding carboxylic acids is 1. The molecule has 2 amide bonds. The van der Waals surface area contributed by atoms with E-state index in [4.69, 9.17) is 0 Å². The molecule has 0 aromatic rings. The van der Waals surface area contributed by atoms with E-state index in [1.807, 2.05) is 0 Å². The first-order valence-electron chi connectivity index (χ1n) is 7.54. The molecule has 1 heterocycles. The highest BCUT2D eigenvalue weighted by molar-refractivity contribution is 5.74. The molecule has 1 saturated carbocycles. The first-order valence-corrected chi connectivity index (χ1v) is 7.54. The second kappa shape index (κ2) is 6.98. The summed E-state index contributed by atoms with van der Waals surface area (Å²) in [7, 11) is 0. The van der Waals surface area contributed by atoms with Gasteiger partial charge in [-0.2, -0.15) is 0 Å². The molecule has 1 saturated heterocycles. The van der Waals surface area contributed by atoms with E-state index in [-0.39, 0.29) is 6.03 Å². The van der Waals surface area contributed by atoms with Gasteiger partial charge in [0.05, 0.1) is 0 Å². The molecule has 0 aromatic carbocycles. The van der Waals surface area contributed by atoms with E-state index < -0.39 is 0 Å². The van der Waals surface area contributed by atoms with Crippen molar-refractivity contribution in [2.75, 3.05) is 19.6 Å². The number of amides is 2. The molecule has 0 radical (unpaired) electrons. The van der Waals surface area contributed by atoms with Gasteiger partial charge < -0.3 is 10.6 Å². The quantitative estimate of drug-likeness (QED) is 0.806. The summed E-state index contributed by atoms with van der Waals surface area (Å²) in [6.45, 7) is 5.34. The van der Waals surface area contributed by atoms with Gasteiger partial charge in [-0.05, 0) is 45.7 Å². The molecule has 1 aliphatic heterocycles. The molecule has 2 N–H and O–H groups in total. The van der Waals surface area contributed by atoms with Crippen LogP contribution >= 0.6 is 0 Å². The molecule has 18 heavy (non-hydrogen) atoms. The number of hydrogen-bond donors (Lipinski definition) is 2. The molecule has 1 atom stereocenters. The maximum absolute atomic E-state index is 11.8. The van der Waals surface area contributed by atoms with Crippen LogP contribution in [0.15, 0.2) is 0 Å². The minimum absolute atomic E-state index is 0.0212. The monoisotopic (exact) mass is 253 g/mol. The van der Waals surface area contributed by atoms with Gasteiger partial charge in [0.25, 0.3) is 0 Å². The van der Waals surface area contributed by atoms with Crippen molar-refractivity contribution in [3.05, 3.63) is 0 Å². The van der Waals surface area contributed by atoms with E-state index in [9.17, 15) is 4.79 Å². The van der Waals surface area contributed by atoms with E-state index in [1.54, 1.807) is 0 Å². The summed E-state index contributed by atoms with van der Waals surface area (Å²) in [6, 6.07) is 0.887. The zero-order chi connectivity index (χ0) is 12.8. The minimum atomic E-state index is 0.0212. The standard InChI is InChI=1S/C14H27N3O/c1-12(17-9-5-6-10-17)11-15-14(18)16-13-7-3-2-4-8-13/h12-13H,2-11H2,1H3,(H2,15,16,18). The first-order chi connectivity index (χ1) is 8.75. The van der Waals surface area contributed by atoms with Crippen LogP contribution in [-0.4, -0.2) is 42.6 Å². The highest BCUT2D eigenvalue weighted by Crippen LogP contribution is 2.17. The summed E-state index contributed by atoms with van der Waals surface area (Å²) in [5.74, 6) is 0. The van der Waals surface area contributed by atoms with Gasteiger partial charge in [-0.1, -0.05) is 19.3 Å². The smallest absolute Gasteiger partial charge is 0.315 e. The van der Waals surface area contributed by atoms with Gasteiger partial charge in [-0.15, -0.1) is 0 Å². The highest BCUT2D eigenvalue weighted by atomic mass is 16.2. The molecule has 1 aliphatic carbocycles. The normalized spacial score (nSPS) is 23.8. The largest absolute Gasteiger partial charge is 0.337 e. The van der Waals surface area contributed by atoms with Gasteiger partial charge in [0, 0.05) is 18.6 Å². The van der Waals surface area contributed by atoms with Gasteiger partial charge in [-0.25, -0.2) is 4.79 Å². The van der Waals surface area contributed by atoms with Crippen molar-refractivity contribution in [2.24, 2.45) is 0 Å². The summed E-state index contributed by atoms with van der Waals surface area (Å²) in [5.41, 5.74) is 0. The summed E-state index contributed by atoms with van der Waals surface area (Å²) >= 11 is 0. The molecule has 1 unspecified atom stereocenters. The lowest BCUT2D eigenvalue weighted by atomic mass is 9.96. The van der Waals surface area contributed by atoms with Crippen LogP contribution in [0.2, 0.25) is 0 Å². The van der Waals surface area contributed by atoms with Crippen molar-refractivity contribution in [2.45, 2.75) is 64.0 Å². The third kappa shape index (κ3) is 4.16. The molecular weight excluding hydrogens is 226 g/mol. The van der Waals surface area contributed by atoms with Crippen LogP contribution in [0, 0.1) is 0 Å². The van der Waals surface area contributed by atoms with Crippen LogP contribution in [-0.2, 0) is 0 Å². The maximum Gasteiger partial charge on any atom is 0.315 e. The third-order valence-corrected chi connectivity index (χ3v) is 4.26. The Hall–Kier alpha value is -0.770. The Morgan fingerprint density at radius 1 is 1.17 bits per heavy atom. The Labute approximate surface area is 110 Å². The molecule has 2 fully saturated rings. The van der Waals surface area contributed by atoms with E-state index in [2.05, 4.69) is 22.5 Å². The number of carbonyl (C=O) groups is 1. The minimum Gasteiger partial charge on any atom is -0.337 e. The second-order valence-electron chi connectivity index (χ2n) is 5.78. The Kier molecular flexibility index (Phi) is 5.29. The van der Waals surface area contributed by atoms with Crippen molar-refractivity contribution < 1.29 is 4.79 Å². The molecular formula is C14H27N3O. The molecule has 0 bridgehead atoms. The molecule has 2 aliphatic rings. The van der Waals surface area contributed by atoms with Crippen molar-refractivity contribution in [3.63, 3.8) is 0 Å². The predicted octanol–water partition coefficient (Wildman–Crippen LogP) is 2.10. The topological polar surface area (TPSA) is 44.4 Å². The van der Waals surface area contributed by atoms with Gasteiger partial charge in [0.2, 0.25) is 0 Å². The highest BCUT2D eigenvalue weighted by Gasteiger charge is 2.19. The average molecular weight is 253 g/mol. The van der Waals surface area contributed by atoms with Crippen molar-refractivity contribution in [1.29, 1.82) is 0 Å². The van der Waals surface area contributed by atoms with Crippen LogP contribution in [0.3, 0.4) is 0 Å². The molecule has 0 aromatic heterocycles. The number of rotatable bonds is 4. The van der Waals surface area contributed by atoms with Crippen LogP contribution in [0.1, 0.15) is 51.9 Å². The molecule has 2 rings (SSSR count). The van der Waals surface area contributed by atoms with Crippen molar-refractivity contribution in [3.8, 4) is 0 Å². The van der Waals surface area contributed by atoms with E-state index in [1.165, 1.54) is 45.2 Å². The Balaban J connectivity index is 1.61. The molecule has 4 nitrogen and oxygen atoms in total. The SMILES string of the molecule is CC(CNC(=O)NC1CCCCC1)N1CCCC1. The molecule has 104 valence electrons. The molecule has 4 heteroatoms. The number of likely N-dealkylation sites (tertiary alicyclic amines) is 1. The fraction of sp³-hybridized carbons (Fsp3) is 0.929. The Morgan fingerprint density at radius 3 is 2.50 bits per heavy atom. The van der Waals surface area contributed by atoms with Crippen molar-refractivity contribution >= 4 is 6.03 Å². The lowest BCUT2D eigenvalue weighted by Crippen LogP contribution is -2.47. The average Bonchev–Trinajstić information content (AvgIpc) is 2.91. The van der Waals surface area contributed by atoms with Gasteiger partial charge in [-0.3, -0.25) is 4.90 Å². The predicted molar refractivity (Wildman–Crippen MR) is 73.7 cm³/mol. The maximum atomic E-state index is 11.8. The summed E-state index contributed by atoms with van der Waals surface area (Å²) in [6.07, 6.45) is 8.75. The second-order valence-corrected chi connectivity index (χ2v) is 5.78. The summed E-state index contributed by atoms with van der Waals surface area (Å²) < 4.78 is 0. The third-order valence-electron chi connectivity index (χ3n) is 4.26. The summed E-state index contributed by atoms with van der Waals surface area (Å²) in [4.78, 5) is 14.2. The van der Waals surface area contributed by atoms with Gasteiger partial charge >= 0.3 is 6.03 Å². The van der Waals surface area contributed by atoms with E-state index in [0.29, 0.717) is 12.1 Å². The zero-order valence-electron chi connectivity index (χ0n) is 11.6. The van der Waals surface area contributed by atoms with Crippen LogP contribution in [0.4, 0.5) is 4.79 Å². The van der Waals surface area contributed by atoms with Gasteiger partial charge in [0.1, 0.15) is 0 Å². The lowest BCUT2D eigenvalue weighted by molar-refractivity contribution is 0.220. The molecule has 0 spiro atoms. The van der Waals surface area contributed by atoms with E-state index in [0.717, 1.165) is 19.4 Å². The van der Waals surface area contributed by atoms with Gasteiger partial charge in [0.15, 0.2) is 0 Å². The number of hydrogen-bond acceptors (Lipinski definition) is 2. The fourth-order valence-electron chi connectivity index (χ4n) is 3.04. The van der Waals surface area contributed by atoms with Crippen LogP contribution in [0.5, 0.6) is 0 Å². The van der Waals surface area contributed by atoms with Crippen LogP contribution < -0.4 is 10.6 Å². The summed E-state index contributed by atoms with van der Waals surface area (Å²) in [5, 5.41) is 6.11. The number of urea groups is 1. The van der Waals surface area contributed by atoms with Crippen molar-refractivity contribution in [1.82, 2.24) is 15.5 Å². The fourth-order valence-corrected chi connectivity index (χ4v) is 3.04. The zero-order valence-corrected chi connectivity index (χ0v) is 11.6. The number of nitrogens with zero attached hydrogens (tertiary/aromatic N) is 1. The Morgan fingerprint density at radius 2 is 1.83 bits per heavy atom.